The molecule has 0 unspecified atom stereocenters. The van der Waals surface area contributed by atoms with Crippen LogP contribution in [0.4, 0.5) is 0 Å². The number of thioether (sulfide) groups is 1. The molecule has 0 bridgehead atoms. The van der Waals surface area contributed by atoms with Gasteiger partial charge in [0.2, 0.25) is 11.1 Å². The van der Waals surface area contributed by atoms with Crippen molar-refractivity contribution in [1.29, 1.82) is 0 Å². The summed E-state index contributed by atoms with van der Waals surface area (Å²) in [5.74, 6) is 6.79. The number of benzene rings is 2. The molecular weight excluding hydrogens is 408 g/mol. The van der Waals surface area contributed by atoms with Crippen LogP contribution in [0.2, 0.25) is 0 Å². The molecule has 1 amide bonds. The van der Waals surface area contributed by atoms with E-state index in [0.717, 1.165) is 31.6 Å². The van der Waals surface area contributed by atoms with Crippen LogP contribution in [-0.2, 0) is 11.3 Å². The van der Waals surface area contributed by atoms with E-state index in [-0.39, 0.29) is 17.2 Å². The Bertz CT molecular complexity index is 1020. The van der Waals surface area contributed by atoms with Gasteiger partial charge in [0.15, 0.2) is 5.82 Å². The monoisotopic (exact) mass is 436 g/mol. The van der Waals surface area contributed by atoms with E-state index in [0.29, 0.717) is 11.0 Å². The van der Waals surface area contributed by atoms with Gasteiger partial charge in [-0.2, -0.15) is 0 Å². The molecule has 8 heteroatoms. The number of rotatable bonds is 7. The molecule has 0 aliphatic carbocycles. The van der Waals surface area contributed by atoms with E-state index in [1.807, 2.05) is 44.2 Å². The lowest BCUT2D eigenvalue weighted by Crippen LogP contribution is -2.41. The van der Waals surface area contributed by atoms with Gasteiger partial charge in [0.05, 0.1) is 5.25 Å². The molecule has 162 valence electrons. The minimum atomic E-state index is -0.319. The number of likely N-dealkylation sites (tertiary alicyclic amines) is 1. The summed E-state index contributed by atoms with van der Waals surface area (Å²) in [6.45, 7) is 6.66. The van der Waals surface area contributed by atoms with E-state index in [1.54, 1.807) is 0 Å². The minimum absolute atomic E-state index is 0.00329. The van der Waals surface area contributed by atoms with Crippen LogP contribution in [0.3, 0.4) is 0 Å². The highest BCUT2D eigenvalue weighted by Gasteiger charge is 2.27. The van der Waals surface area contributed by atoms with E-state index in [9.17, 15) is 4.79 Å². The number of aromatic nitrogens is 3. The molecule has 0 spiro atoms. The molecule has 2 aromatic carbocycles. The third-order valence-corrected chi connectivity index (χ3v) is 6.55. The van der Waals surface area contributed by atoms with Crippen LogP contribution in [0, 0.1) is 6.92 Å². The van der Waals surface area contributed by atoms with Crippen LogP contribution < -0.4 is 11.2 Å². The Morgan fingerprint density at radius 3 is 2.68 bits per heavy atom. The number of hydrogen-bond donors (Lipinski definition) is 2. The zero-order valence-corrected chi connectivity index (χ0v) is 18.7. The van der Waals surface area contributed by atoms with E-state index in [1.165, 1.54) is 27.6 Å². The molecule has 1 saturated heterocycles. The predicted molar refractivity (Wildman–Crippen MR) is 124 cm³/mol. The number of nitrogen functional groups attached to an aromatic ring is 1. The zero-order chi connectivity index (χ0) is 21.8. The average Bonchev–Trinajstić information content (AvgIpc) is 3.36. The number of hydrogen-bond acceptors (Lipinski definition) is 6. The number of carbonyl (C=O) groups excluding carboxylic acids is 1. The minimum Gasteiger partial charge on any atom is -0.351 e. The van der Waals surface area contributed by atoms with Crippen LogP contribution in [-0.4, -0.2) is 50.1 Å². The molecule has 3 aromatic rings. The van der Waals surface area contributed by atoms with Crippen molar-refractivity contribution in [3.05, 3.63) is 65.7 Å². The first kappa shape index (κ1) is 21.4. The smallest absolute Gasteiger partial charge is 0.233 e. The van der Waals surface area contributed by atoms with Gasteiger partial charge >= 0.3 is 0 Å². The second kappa shape index (κ2) is 9.53. The first-order valence-electron chi connectivity index (χ1n) is 10.5. The quantitative estimate of drug-likeness (QED) is 0.437. The molecule has 1 aromatic heterocycles. The molecule has 0 radical (unpaired) electrons. The largest absolute Gasteiger partial charge is 0.351 e. The van der Waals surface area contributed by atoms with Gasteiger partial charge in [-0.1, -0.05) is 71.9 Å². The Balaban J connectivity index is 1.31. The van der Waals surface area contributed by atoms with E-state index >= 15 is 0 Å². The molecule has 7 nitrogen and oxygen atoms in total. The van der Waals surface area contributed by atoms with Crippen LogP contribution in [0.5, 0.6) is 0 Å². The number of carbonyl (C=O) groups is 1. The van der Waals surface area contributed by atoms with Gasteiger partial charge < -0.3 is 11.2 Å². The summed E-state index contributed by atoms with van der Waals surface area (Å²) >= 11 is 1.32. The molecule has 0 saturated carbocycles. The number of aryl methyl sites for hydroxylation is 1. The number of nitrogens with one attached hydrogen (secondary N) is 1. The standard InChI is InChI=1S/C23H28N6OS/c1-16-8-10-19(11-9-16)21-26-27-23(29(21)24)31-17(2)22(30)25-20-12-13-28(15-20)14-18-6-4-3-5-7-18/h3-11,17,20H,12-15,24H2,1-2H3,(H,25,30)/t17-,20+/m1/s1. The van der Waals surface area contributed by atoms with Crippen molar-refractivity contribution < 1.29 is 4.79 Å². The van der Waals surface area contributed by atoms with Crippen molar-refractivity contribution in [3.63, 3.8) is 0 Å². The molecule has 1 fully saturated rings. The van der Waals surface area contributed by atoms with Crippen LogP contribution in [0.15, 0.2) is 59.8 Å². The second-order valence-corrected chi connectivity index (χ2v) is 9.33. The van der Waals surface area contributed by atoms with Gasteiger partial charge in [-0.3, -0.25) is 9.69 Å². The Kier molecular flexibility index (Phi) is 6.58. The summed E-state index contributed by atoms with van der Waals surface area (Å²) < 4.78 is 1.45. The van der Waals surface area contributed by atoms with Crippen molar-refractivity contribution in [2.24, 2.45) is 0 Å². The highest BCUT2D eigenvalue weighted by Crippen LogP contribution is 2.25. The van der Waals surface area contributed by atoms with Crippen LogP contribution in [0.1, 0.15) is 24.5 Å². The van der Waals surface area contributed by atoms with Gasteiger partial charge in [-0.25, -0.2) is 4.68 Å². The molecule has 3 N–H and O–H groups in total. The fourth-order valence-electron chi connectivity index (χ4n) is 3.72. The van der Waals surface area contributed by atoms with Crippen molar-refractivity contribution in [2.75, 3.05) is 18.9 Å². The van der Waals surface area contributed by atoms with E-state index in [4.69, 9.17) is 5.84 Å². The maximum Gasteiger partial charge on any atom is 0.233 e. The topological polar surface area (TPSA) is 89.1 Å². The van der Waals surface area contributed by atoms with Crippen molar-refractivity contribution in [1.82, 2.24) is 25.1 Å². The highest BCUT2D eigenvalue weighted by molar-refractivity contribution is 8.00. The number of nitrogens with zero attached hydrogens (tertiary/aromatic N) is 4. The Labute approximate surface area is 187 Å². The average molecular weight is 437 g/mol. The number of nitrogens with two attached hydrogens (primary N) is 1. The summed E-state index contributed by atoms with van der Waals surface area (Å²) in [7, 11) is 0. The maximum absolute atomic E-state index is 12.7. The summed E-state index contributed by atoms with van der Waals surface area (Å²) in [5, 5.41) is 11.8. The third-order valence-electron chi connectivity index (χ3n) is 5.49. The fourth-order valence-corrected chi connectivity index (χ4v) is 4.50. The summed E-state index contributed by atoms with van der Waals surface area (Å²) in [5.41, 5.74) is 3.36. The molecule has 1 aliphatic heterocycles. The molecular formula is C23H28N6OS. The van der Waals surface area contributed by atoms with Crippen LogP contribution >= 0.6 is 11.8 Å². The lowest BCUT2D eigenvalue weighted by Gasteiger charge is -2.18. The first-order chi connectivity index (χ1) is 15.0. The van der Waals surface area contributed by atoms with Gasteiger partial charge in [0.25, 0.3) is 0 Å². The molecule has 2 heterocycles. The van der Waals surface area contributed by atoms with Crippen molar-refractivity contribution >= 4 is 17.7 Å². The molecule has 31 heavy (non-hydrogen) atoms. The SMILES string of the molecule is Cc1ccc(-c2nnc(S[C@H](C)C(=O)N[C@H]3CCN(Cc4ccccc4)C3)n2N)cc1. The normalized spacial score (nSPS) is 17.5. The van der Waals surface area contributed by atoms with Crippen molar-refractivity contribution in [3.8, 4) is 11.4 Å². The molecule has 2 atom stereocenters. The first-order valence-corrected chi connectivity index (χ1v) is 11.4. The Morgan fingerprint density at radius 2 is 1.94 bits per heavy atom. The van der Waals surface area contributed by atoms with Gasteiger partial charge in [0, 0.05) is 31.2 Å². The third kappa shape index (κ3) is 5.26. The van der Waals surface area contributed by atoms with Gasteiger partial charge in [0.1, 0.15) is 0 Å². The van der Waals surface area contributed by atoms with E-state index < -0.39 is 0 Å². The van der Waals surface area contributed by atoms with Crippen LogP contribution in [0.25, 0.3) is 11.4 Å². The summed E-state index contributed by atoms with van der Waals surface area (Å²) in [6, 6.07) is 18.5. The lowest BCUT2D eigenvalue weighted by molar-refractivity contribution is -0.120. The summed E-state index contributed by atoms with van der Waals surface area (Å²) in [6.07, 6.45) is 0.959. The zero-order valence-electron chi connectivity index (χ0n) is 17.9. The van der Waals surface area contributed by atoms with Crippen molar-refractivity contribution in [2.45, 2.75) is 43.3 Å². The molecule has 1 aliphatic rings. The van der Waals surface area contributed by atoms with E-state index in [2.05, 4.69) is 44.7 Å². The summed E-state index contributed by atoms with van der Waals surface area (Å²) in [4.78, 5) is 15.1. The fraction of sp³-hybridized carbons (Fsp3) is 0.348. The van der Waals surface area contributed by atoms with Gasteiger partial charge in [-0.15, -0.1) is 10.2 Å². The lowest BCUT2D eigenvalue weighted by atomic mass is 10.1. The second-order valence-electron chi connectivity index (χ2n) is 8.02. The number of amides is 1. The molecule has 4 rings (SSSR count). The van der Waals surface area contributed by atoms with Gasteiger partial charge in [-0.05, 0) is 25.8 Å². The predicted octanol–water partition coefficient (Wildman–Crippen LogP) is 2.84. The Morgan fingerprint density at radius 1 is 1.19 bits per heavy atom. The maximum atomic E-state index is 12.7. The highest BCUT2D eigenvalue weighted by atomic mass is 32.2. The Hall–Kier alpha value is -2.84.